The van der Waals surface area contributed by atoms with Crippen LogP contribution in [0.5, 0.6) is 0 Å². The van der Waals surface area contributed by atoms with E-state index in [0.29, 0.717) is 25.9 Å². The van der Waals surface area contributed by atoms with Gasteiger partial charge in [-0.1, -0.05) is 60.7 Å². The fourth-order valence-electron chi connectivity index (χ4n) is 2.80. The molecule has 5 nitrogen and oxygen atoms in total. The quantitative estimate of drug-likeness (QED) is 0.598. The number of hydrogen-bond acceptors (Lipinski definition) is 5. The van der Waals surface area contributed by atoms with Gasteiger partial charge >= 0.3 is 0 Å². The minimum atomic E-state index is -3.48. The van der Waals surface area contributed by atoms with Crippen LogP contribution in [0.3, 0.4) is 0 Å². The maximum Gasteiger partial charge on any atom is 0.264 e. The summed E-state index contributed by atoms with van der Waals surface area (Å²) < 4.78 is 27.3. The molecule has 0 aliphatic rings. The summed E-state index contributed by atoms with van der Waals surface area (Å²) in [5, 5.41) is 9.24. The Hall–Kier alpha value is -2.20. The summed E-state index contributed by atoms with van der Waals surface area (Å²) in [5.41, 5.74) is 2.30. The van der Waals surface area contributed by atoms with Crippen molar-refractivity contribution in [3.63, 3.8) is 0 Å². The largest absolute Gasteiger partial charge is 0.291 e. The second kappa shape index (κ2) is 10.1. The summed E-state index contributed by atoms with van der Waals surface area (Å²) in [4.78, 5) is 2.21. The van der Waals surface area contributed by atoms with E-state index in [1.165, 1.54) is 0 Å². The predicted octanol–water partition coefficient (Wildman–Crippen LogP) is 3.34. The number of benzene rings is 2. The molecule has 26 heavy (non-hydrogen) atoms. The van der Waals surface area contributed by atoms with Crippen molar-refractivity contribution in [2.45, 2.75) is 32.0 Å². The van der Waals surface area contributed by atoms with Crippen LogP contribution >= 0.6 is 0 Å². The van der Waals surface area contributed by atoms with E-state index < -0.39 is 10.1 Å². The molecule has 0 spiro atoms. The summed E-state index contributed by atoms with van der Waals surface area (Å²) in [6, 6.07) is 22.2. The van der Waals surface area contributed by atoms with E-state index in [-0.39, 0.29) is 12.6 Å². The highest BCUT2D eigenvalue weighted by Gasteiger charge is 2.20. The van der Waals surface area contributed by atoms with Gasteiger partial charge in [0.15, 0.2) is 0 Å². The minimum absolute atomic E-state index is 0.0747. The standard InChI is InChI=1S/C20H24N2O3S/c1-26(23,24)25-15-13-20(12-14-21)22(16-18-8-4-2-5-9-18)17-19-10-6-3-7-11-19/h2-11,20H,12-13,15-17H2,1H3/t20-/m1/s1. The molecule has 6 heteroatoms. The molecule has 0 saturated heterocycles. The Bertz CT molecular complexity index is 760. The fourth-order valence-corrected chi connectivity index (χ4v) is 3.20. The molecule has 0 saturated carbocycles. The highest BCUT2D eigenvalue weighted by molar-refractivity contribution is 7.85. The molecule has 2 aromatic rings. The van der Waals surface area contributed by atoms with Crippen LogP contribution in [0.1, 0.15) is 24.0 Å². The summed E-state index contributed by atoms with van der Waals surface area (Å²) in [5.74, 6) is 0. The lowest BCUT2D eigenvalue weighted by Crippen LogP contribution is -2.35. The van der Waals surface area contributed by atoms with Gasteiger partial charge in [0, 0.05) is 19.1 Å². The normalized spacial score (nSPS) is 12.7. The van der Waals surface area contributed by atoms with Crippen molar-refractivity contribution in [1.29, 1.82) is 5.26 Å². The van der Waals surface area contributed by atoms with Gasteiger partial charge < -0.3 is 0 Å². The molecule has 2 aromatic carbocycles. The molecule has 0 amide bonds. The zero-order valence-electron chi connectivity index (χ0n) is 14.9. The third kappa shape index (κ3) is 7.36. The Labute approximate surface area is 156 Å². The Morgan fingerprint density at radius 1 is 1.00 bits per heavy atom. The van der Waals surface area contributed by atoms with Crippen LogP contribution in [0.25, 0.3) is 0 Å². The molecular weight excluding hydrogens is 348 g/mol. The Morgan fingerprint density at radius 2 is 1.50 bits per heavy atom. The lowest BCUT2D eigenvalue weighted by atomic mass is 10.1. The summed E-state index contributed by atoms with van der Waals surface area (Å²) in [6.45, 7) is 1.44. The molecule has 1 atom stereocenters. The highest BCUT2D eigenvalue weighted by atomic mass is 32.2. The SMILES string of the molecule is CS(=O)(=O)OCC[C@@H](CC#N)N(Cc1ccccc1)Cc1ccccc1. The molecule has 0 aliphatic heterocycles. The van der Waals surface area contributed by atoms with Crippen LogP contribution < -0.4 is 0 Å². The number of nitriles is 1. The molecule has 0 radical (unpaired) electrons. The van der Waals surface area contributed by atoms with Gasteiger partial charge in [0.25, 0.3) is 10.1 Å². The van der Waals surface area contributed by atoms with Gasteiger partial charge in [0.1, 0.15) is 0 Å². The topological polar surface area (TPSA) is 70.4 Å². The first kappa shape index (κ1) is 20.1. The van der Waals surface area contributed by atoms with E-state index in [0.717, 1.165) is 17.4 Å². The molecule has 2 rings (SSSR count). The van der Waals surface area contributed by atoms with Gasteiger partial charge in [-0.15, -0.1) is 0 Å². The van der Waals surface area contributed by atoms with Gasteiger partial charge in [-0.05, 0) is 17.5 Å². The van der Waals surface area contributed by atoms with Gasteiger partial charge in [-0.3, -0.25) is 9.08 Å². The van der Waals surface area contributed by atoms with Crippen molar-refractivity contribution in [3.05, 3.63) is 71.8 Å². The van der Waals surface area contributed by atoms with E-state index >= 15 is 0 Å². The molecule has 0 aliphatic carbocycles. The van der Waals surface area contributed by atoms with Crippen molar-refractivity contribution in [2.75, 3.05) is 12.9 Å². The van der Waals surface area contributed by atoms with E-state index in [1.807, 2.05) is 36.4 Å². The monoisotopic (exact) mass is 372 g/mol. The maximum atomic E-state index is 11.2. The second-order valence-corrected chi connectivity index (χ2v) is 7.85. The predicted molar refractivity (Wildman–Crippen MR) is 102 cm³/mol. The molecule has 138 valence electrons. The van der Waals surface area contributed by atoms with Crippen LogP contribution in [-0.2, 0) is 27.4 Å². The average Bonchev–Trinajstić information content (AvgIpc) is 2.61. The molecule has 0 bridgehead atoms. The minimum Gasteiger partial charge on any atom is -0.291 e. The number of hydrogen-bond donors (Lipinski definition) is 0. The van der Waals surface area contributed by atoms with Crippen LogP contribution in [-0.4, -0.2) is 32.2 Å². The lowest BCUT2D eigenvalue weighted by Gasteiger charge is -2.30. The first-order valence-corrected chi connectivity index (χ1v) is 10.3. The van der Waals surface area contributed by atoms with E-state index in [4.69, 9.17) is 4.18 Å². The fraction of sp³-hybridized carbons (Fsp3) is 0.350. The first-order chi connectivity index (χ1) is 12.5. The summed E-state index contributed by atoms with van der Waals surface area (Å²) in [7, 11) is -3.48. The van der Waals surface area contributed by atoms with E-state index in [1.54, 1.807) is 0 Å². The zero-order valence-corrected chi connectivity index (χ0v) is 15.7. The lowest BCUT2D eigenvalue weighted by molar-refractivity contribution is 0.151. The van der Waals surface area contributed by atoms with Crippen molar-refractivity contribution in [3.8, 4) is 6.07 Å². The van der Waals surface area contributed by atoms with Crippen LogP contribution in [0.4, 0.5) is 0 Å². The van der Waals surface area contributed by atoms with Crippen molar-refractivity contribution < 1.29 is 12.6 Å². The molecule has 0 heterocycles. The van der Waals surface area contributed by atoms with E-state index in [9.17, 15) is 13.7 Å². The highest BCUT2D eigenvalue weighted by Crippen LogP contribution is 2.18. The van der Waals surface area contributed by atoms with Crippen LogP contribution in [0.2, 0.25) is 0 Å². The van der Waals surface area contributed by atoms with Crippen LogP contribution in [0.15, 0.2) is 60.7 Å². The van der Waals surface area contributed by atoms with Gasteiger partial charge in [-0.25, -0.2) is 0 Å². The molecule has 0 aromatic heterocycles. The second-order valence-electron chi connectivity index (χ2n) is 6.21. The zero-order chi connectivity index (χ0) is 18.8. The number of nitrogens with zero attached hydrogens (tertiary/aromatic N) is 2. The number of rotatable bonds is 10. The third-order valence-electron chi connectivity index (χ3n) is 4.05. The van der Waals surface area contributed by atoms with Crippen LogP contribution in [0, 0.1) is 11.3 Å². The van der Waals surface area contributed by atoms with Crippen molar-refractivity contribution in [1.82, 2.24) is 4.90 Å². The summed E-state index contributed by atoms with van der Waals surface area (Å²) in [6.07, 6.45) is 1.82. The molecule has 0 N–H and O–H groups in total. The van der Waals surface area contributed by atoms with Gasteiger partial charge in [0.2, 0.25) is 0 Å². The molecular formula is C20H24N2O3S. The van der Waals surface area contributed by atoms with Crippen molar-refractivity contribution in [2.24, 2.45) is 0 Å². The Morgan fingerprint density at radius 3 is 1.92 bits per heavy atom. The van der Waals surface area contributed by atoms with Crippen molar-refractivity contribution >= 4 is 10.1 Å². The Kier molecular flexibility index (Phi) is 7.79. The average molecular weight is 372 g/mol. The Balaban J connectivity index is 2.15. The van der Waals surface area contributed by atoms with Gasteiger partial charge in [-0.2, -0.15) is 13.7 Å². The van der Waals surface area contributed by atoms with Gasteiger partial charge in [0.05, 0.1) is 25.4 Å². The molecule has 0 unspecified atom stereocenters. The molecule has 0 fully saturated rings. The third-order valence-corrected chi connectivity index (χ3v) is 4.64. The van der Waals surface area contributed by atoms with E-state index in [2.05, 4.69) is 35.2 Å². The first-order valence-electron chi connectivity index (χ1n) is 8.51. The smallest absolute Gasteiger partial charge is 0.264 e. The summed E-state index contributed by atoms with van der Waals surface area (Å²) >= 11 is 0. The maximum absolute atomic E-state index is 11.2.